The Morgan fingerprint density at radius 2 is 1.74 bits per heavy atom. The van der Waals surface area contributed by atoms with Crippen molar-refractivity contribution in [3.63, 3.8) is 0 Å². The molecule has 0 unspecified atom stereocenters. The lowest BCUT2D eigenvalue weighted by molar-refractivity contribution is -0.660. The Morgan fingerprint density at radius 3 is 2.44 bits per heavy atom. The molecule has 0 spiro atoms. The minimum Gasteiger partial charge on any atom is -0.466 e. The molecular weight excluding hydrogens is 332 g/mol. The molecule has 4 rings (SSSR count). The van der Waals surface area contributed by atoms with E-state index in [1.807, 2.05) is 18.2 Å². The molecule has 0 saturated heterocycles. The van der Waals surface area contributed by atoms with Gasteiger partial charge < -0.3 is 4.42 Å². The van der Waals surface area contributed by atoms with Crippen molar-refractivity contribution in [2.45, 2.75) is 33.6 Å². The third kappa shape index (κ3) is 2.61. The predicted molar refractivity (Wildman–Crippen MR) is 110 cm³/mol. The van der Waals surface area contributed by atoms with Crippen LogP contribution < -0.4 is 4.57 Å². The molecule has 0 atom stereocenters. The zero-order valence-corrected chi connectivity index (χ0v) is 16.4. The highest BCUT2D eigenvalue weighted by Crippen LogP contribution is 2.40. The SMILES string of the molecule is [C-]#[N+]c1cccc2c1oc1c(-c3cc(C(C)C)c(C)c[n+]3C)c(C)ccc12. The maximum absolute atomic E-state index is 7.45. The Kier molecular flexibility index (Phi) is 4.00. The van der Waals surface area contributed by atoms with Crippen LogP contribution in [0, 0.1) is 20.4 Å². The van der Waals surface area contributed by atoms with Crippen LogP contribution in [-0.4, -0.2) is 0 Å². The van der Waals surface area contributed by atoms with Gasteiger partial charge in [0.15, 0.2) is 6.20 Å². The average molecular weight is 355 g/mol. The highest BCUT2D eigenvalue weighted by Gasteiger charge is 2.23. The molecule has 27 heavy (non-hydrogen) atoms. The van der Waals surface area contributed by atoms with E-state index >= 15 is 0 Å². The summed E-state index contributed by atoms with van der Waals surface area (Å²) in [6.07, 6.45) is 2.19. The molecule has 2 heterocycles. The minimum atomic E-state index is 0.453. The van der Waals surface area contributed by atoms with Crippen LogP contribution in [0.15, 0.2) is 47.0 Å². The van der Waals surface area contributed by atoms with Gasteiger partial charge in [0.25, 0.3) is 0 Å². The fourth-order valence-corrected chi connectivity index (χ4v) is 4.02. The van der Waals surface area contributed by atoms with E-state index in [9.17, 15) is 0 Å². The second kappa shape index (κ2) is 6.25. The lowest BCUT2D eigenvalue weighted by Gasteiger charge is -2.12. The summed E-state index contributed by atoms with van der Waals surface area (Å²) in [6, 6.07) is 12.3. The number of nitrogens with zero attached hydrogens (tertiary/aromatic N) is 2. The first kappa shape index (κ1) is 17.3. The Bertz CT molecular complexity index is 1240. The molecule has 0 bridgehead atoms. The van der Waals surface area contributed by atoms with Gasteiger partial charge in [0.1, 0.15) is 18.2 Å². The Balaban J connectivity index is 2.13. The van der Waals surface area contributed by atoms with Crippen molar-refractivity contribution in [1.82, 2.24) is 0 Å². The van der Waals surface area contributed by atoms with Crippen molar-refractivity contribution in [3.05, 3.63) is 70.7 Å². The molecule has 134 valence electrons. The van der Waals surface area contributed by atoms with Gasteiger partial charge >= 0.3 is 0 Å². The van der Waals surface area contributed by atoms with E-state index in [0.717, 1.165) is 27.6 Å². The van der Waals surface area contributed by atoms with E-state index in [0.29, 0.717) is 17.2 Å². The largest absolute Gasteiger partial charge is 0.466 e. The van der Waals surface area contributed by atoms with Gasteiger partial charge in [0.2, 0.25) is 11.4 Å². The van der Waals surface area contributed by atoms with Gasteiger partial charge in [-0.2, -0.15) is 0 Å². The number of aryl methyl sites for hydroxylation is 3. The zero-order valence-electron chi connectivity index (χ0n) is 16.4. The smallest absolute Gasteiger partial charge is 0.229 e. The quantitative estimate of drug-likeness (QED) is 0.302. The van der Waals surface area contributed by atoms with Gasteiger partial charge in [-0.1, -0.05) is 44.2 Å². The summed E-state index contributed by atoms with van der Waals surface area (Å²) in [6.45, 7) is 16.2. The summed E-state index contributed by atoms with van der Waals surface area (Å²) >= 11 is 0. The molecular formula is C24H23N2O+. The summed E-state index contributed by atoms with van der Waals surface area (Å²) in [5.74, 6) is 0.453. The van der Waals surface area contributed by atoms with Crippen LogP contribution in [-0.2, 0) is 7.05 Å². The highest BCUT2D eigenvalue weighted by atomic mass is 16.3. The predicted octanol–water partition coefficient (Wildman–Crippen LogP) is 6.37. The van der Waals surface area contributed by atoms with Crippen LogP contribution in [0.1, 0.15) is 36.5 Å². The summed E-state index contributed by atoms with van der Waals surface area (Å²) < 4.78 is 8.47. The van der Waals surface area contributed by atoms with E-state index in [1.165, 1.54) is 16.7 Å². The third-order valence-electron chi connectivity index (χ3n) is 5.37. The van der Waals surface area contributed by atoms with Crippen molar-refractivity contribution in [2.24, 2.45) is 7.05 Å². The van der Waals surface area contributed by atoms with Gasteiger partial charge in [0.05, 0.1) is 12.1 Å². The number of furan rings is 1. The molecule has 0 aliphatic heterocycles. The second-order valence-electron chi connectivity index (χ2n) is 7.56. The summed E-state index contributed by atoms with van der Waals surface area (Å²) in [7, 11) is 2.08. The summed E-state index contributed by atoms with van der Waals surface area (Å²) in [4.78, 5) is 3.64. The Labute approximate surface area is 159 Å². The van der Waals surface area contributed by atoms with Crippen LogP contribution in [0.25, 0.3) is 38.0 Å². The first-order chi connectivity index (χ1) is 12.9. The number of rotatable bonds is 2. The number of benzene rings is 2. The van der Waals surface area contributed by atoms with Crippen LogP contribution >= 0.6 is 0 Å². The molecule has 0 aliphatic carbocycles. The molecule has 3 heteroatoms. The molecule has 4 aromatic rings. The Morgan fingerprint density at radius 1 is 1.00 bits per heavy atom. The highest BCUT2D eigenvalue weighted by molar-refractivity contribution is 6.12. The standard InChI is InChI=1S/C24H23N2O/c1-14(2)19-12-21(26(6)13-16(19)4)22-15(3)10-11-18-17-8-7-9-20(25-5)23(17)27-24(18)22/h7-14H,1-4,6H3/q+1. The van der Waals surface area contributed by atoms with Crippen LogP contribution in [0.3, 0.4) is 0 Å². The van der Waals surface area contributed by atoms with E-state index < -0.39 is 0 Å². The maximum atomic E-state index is 7.45. The van der Waals surface area contributed by atoms with Gasteiger partial charge in [-0.05, 0) is 30.9 Å². The number of para-hydroxylation sites is 1. The molecule has 0 N–H and O–H groups in total. The number of pyridine rings is 1. The number of hydrogen-bond donors (Lipinski definition) is 0. The zero-order chi connectivity index (χ0) is 19.3. The van der Waals surface area contributed by atoms with Crippen molar-refractivity contribution in [1.29, 1.82) is 0 Å². The Hall–Kier alpha value is -3.12. The van der Waals surface area contributed by atoms with E-state index in [-0.39, 0.29) is 0 Å². The van der Waals surface area contributed by atoms with Crippen molar-refractivity contribution >= 4 is 27.6 Å². The molecule has 0 radical (unpaired) electrons. The van der Waals surface area contributed by atoms with Crippen LogP contribution in [0.2, 0.25) is 0 Å². The lowest BCUT2D eigenvalue weighted by Crippen LogP contribution is -2.32. The second-order valence-corrected chi connectivity index (χ2v) is 7.56. The number of fused-ring (bicyclic) bond motifs is 3. The van der Waals surface area contributed by atoms with Gasteiger partial charge in [-0.25, -0.2) is 9.41 Å². The molecule has 0 amide bonds. The van der Waals surface area contributed by atoms with Gasteiger partial charge in [-0.15, -0.1) is 0 Å². The van der Waals surface area contributed by atoms with Crippen molar-refractivity contribution in [2.75, 3.05) is 0 Å². The van der Waals surface area contributed by atoms with E-state index in [4.69, 9.17) is 11.0 Å². The molecule has 3 nitrogen and oxygen atoms in total. The summed E-state index contributed by atoms with van der Waals surface area (Å²) in [5.41, 5.74) is 8.13. The maximum Gasteiger partial charge on any atom is 0.229 e. The van der Waals surface area contributed by atoms with Crippen molar-refractivity contribution in [3.8, 4) is 11.3 Å². The molecule has 2 aromatic heterocycles. The minimum absolute atomic E-state index is 0.453. The first-order valence-electron chi connectivity index (χ1n) is 9.25. The average Bonchev–Trinajstić information content (AvgIpc) is 3.00. The fourth-order valence-electron chi connectivity index (χ4n) is 4.02. The molecule has 2 aromatic carbocycles. The number of aromatic nitrogens is 1. The molecule has 0 saturated carbocycles. The van der Waals surface area contributed by atoms with E-state index in [1.54, 1.807) is 0 Å². The lowest BCUT2D eigenvalue weighted by atomic mass is 9.94. The van der Waals surface area contributed by atoms with Gasteiger partial charge in [-0.3, -0.25) is 0 Å². The topological polar surface area (TPSA) is 21.4 Å². The summed E-state index contributed by atoms with van der Waals surface area (Å²) in [5, 5.41) is 2.06. The van der Waals surface area contributed by atoms with E-state index in [2.05, 4.69) is 68.6 Å². The third-order valence-corrected chi connectivity index (χ3v) is 5.37. The van der Waals surface area contributed by atoms with Crippen molar-refractivity contribution < 1.29 is 8.98 Å². The normalized spacial score (nSPS) is 11.4. The molecule has 0 fully saturated rings. The van der Waals surface area contributed by atoms with Crippen LogP contribution in [0.4, 0.5) is 5.69 Å². The monoisotopic (exact) mass is 355 g/mol. The number of hydrogen-bond acceptors (Lipinski definition) is 1. The fraction of sp³-hybridized carbons (Fsp3) is 0.250. The van der Waals surface area contributed by atoms with Gasteiger partial charge in [0, 0.05) is 22.4 Å². The van der Waals surface area contributed by atoms with Crippen LogP contribution in [0.5, 0.6) is 0 Å². The first-order valence-corrected chi connectivity index (χ1v) is 9.25. The molecule has 0 aliphatic rings.